The number of hydrogen-bond donors (Lipinski definition) is 2. The van der Waals surface area contributed by atoms with Crippen molar-refractivity contribution in [2.75, 3.05) is 20.2 Å². The quantitative estimate of drug-likeness (QED) is 0.597. The van der Waals surface area contributed by atoms with E-state index in [1.807, 2.05) is 49.9 Å². The number of aromatic nitrogens is 3. The number of guanidine groups is 1. The second kappa shape index (κ2) is 8.44. The molecule has 2 aromatic rings. The molecule has 24 heavy (non-hydrogen) atoms. The van der Waals surface area contributed by atoms with Gasteiger partial charge in [-0.25, -0.2) is 15.0 Å². The lowest BCUT2D eigenvalue weighted by Crippen LogP contribution is -2.45. The third-order valence-electron chi connectivity index (χ3n) is 3.58. The lowest BCUT2D eigenvalue weighted by atomic mass is 10.1. The number of pyridine rings is 1. The lowest BCUT2D eigenvalue weighted by molar-refractivity contribution is 0.0268. The van der Waals surface area contributed by atoms with Crippen LogP contribution in [0.3, 0.4) is 0 Å². The molecule has 2 N–H and O–H groups in total. The van der Waals surface area contributed by atoms with Gasteiger partial charge in [0.25, 0.3) is 0 Å². The second-order valence-electron chi connectivity index (χ2n) is 6.01. The number of imidazole rings is 1. The summed E-state index contributed by atoms with van der Waals surface area (Å²) in [6, 6.07) is 3.98. The van der Waals surface area contributed by atoms with Gasteiger partial charge in [0.15, 0.2) is 5.96 Å². The third-order valence-corrected chi connectivity index (χ3v) is 3.58. The molecule has 0 spiro atoms. The van der Waals surface area contributed by atoms with E-state index in [0.717, 1.165) is 23.9 Å². The molecule has 7 nitrogen and oxygen atoms in total. The van der Waals surface area contributed by atoms with Crippen LogP contribution in [0.15, 0.2) is 42.0 Å². The van der Waals surface area contributed by atoms with Crippen molar-refractivity contribution in [1.82, 2.24) is 25.2 Å². The molecular formula is C17H26N6O. The highest BCUT2D eigenvalue weighted by atomic mass is 16.5. The summed E-state index contributed by atoms with van der Waals surface area (Å²) in [7, 11) is 1.71. The SMILES string of the molecule is CCNC(=NCc1ccc(-n2ccnc2)nc1)NCC(C)(C)OC. The van der Waals surface area contributed by atoms with Crippen LogP contribution in [-0.4, -0.2) is 46.3 Å². The van der Waals surface area contributed by atoms with Crippen molar-refractivity contribution in [1.29, 1.82) is 0 Å². The van der Waals surface area contributed by atoms with E-state index in [0.29, 0.717) is 13.1 Å². The van der Waals surface area contributed by atoms with Gasteiger partial charge >= 0.3 is 0 Å². The summed E-state index contributed by atoms with van der Waals surface area (Å²) >= 11 is 0. The molecule has 2 heterocycles. The Bertz CT molecular complexity index is 634. The molecule has 7 heteroatoms. The smallest absolute Gasteiger partial charge is 0.191 e. The summed E-state index contributed by atoms with van der Waals surface area (Å²) in [6.07, 6.45) is 7.16. The maximum Gasteiger partial charge on any atom is 0.191 e. The van der Waals surface area contributed by atoms with Crippen molar-refractivity contribution in [3.05, 3.63) is 42.6 Å². The van der Waals surface area contributed by atoms with Crippen LogP contribution in [0, 0.1) is 0 Å². The van der Waals surface area contributed by atoms with Crippen LogP contribution in [0.5, 0.6) is 0 Å². The third kappa shape index (κ3) is 5.34. The number of hydrogen-bond acceptors (Lipinski definition) is 4. The van der Waals surface area contributed by atoms with Gasteiger partial charge in [-0.05, 0) is 32.4 Å². The Hall–Kier alpha value is -2.41. The lowest BCUT2D eigenvalue weighted by Gasteiger charge is -2.24. The van der Waals surface area contributed by atoms with Gasteiger partial charge in [-0.2, -0.15) is 0 Å². The highest BCUT2D eigenvalue weighted by Gasteiger charge is 2.16. The molecule has 0 amide bonds. The first kappa shape index (κ1) is 17.9. The molecular weight excluding hydrogens is 304 g/mol. The maximum atomic E-state index is 5.41. The molecule has 0 atom stereocenters. The Morgan fingerprint density at radius 2 is 2.17 bits per heavy atom. The zero-order chi connectivity index (χ0) is 17.4. The fraction of sp³-hybridized carbons (Fsp3) is 0.471. The Morgan fingerprint density at radius 1 is 1.33 bits per heavy atom. The predicted molar refractivity (Wildman–Crippen MR) is 95.3 cm³/mol. The molecule has 0 saturated carbocycles. The first-order valence-corrected chi connectivity index (χ1v) is 8.04. The van der Waals surface area contributed by atoms with Crippen molar-refractivity contribution < 1.29 is 4.74 Å². The van der Waals surface area contributed by atoms with Crippen LogP contribution in [0.2, 0.25) is 0 Å². The zero-order valence-electron chi connectivity index (χ0n) is 14.8. The number of nitrogens with zero attached hydrogens (tertiary/aromatic N) is 4. The van der Waals surface area contributed by atoms with Gasteiger partial charge < -0.3 is 15.4 Å². The van der Waals surface area contributed by atoms with Gasteiger partial charge in [-0.15, -0.1) is 0 Å². The van der Waals surface area contributed by atoms with E-state index in [4.69, 9.17) is 4.74 Å². The van der Waals surface area contributed by atoms with Crippen molar-refractivity contribution in [2.45, 2.75) is 32.9 Å². The van der Waals surface area contributed by atoms with E-state index in [1.54, 1.807) is 19.6 Å². The number of ether oxygens (including phenoxy) is 1. The van der Waals surface area contributed by atoms with Crippen LogP contribution in [0.1, 0.15) is 26.3 Å². The molecule has 0 aromatic carbocycles. The molecule has 130 valence electrons. The number of nitrogens with one attached hydrogen (secondary N) is 2. The first-order valence-electron chi connectivity index (χ1n) is 8.04. The van der Waals surface area contributed by atoms with E-state index < -0.39 is 0 Å². The number of methoxy groups -OCH3 is 1. The molecule has 0 fully saturated rings. The molecule has 2 rings (SSSR count). The largest absolute Gasteiger partial charge is 0.377 e. The van der Waals surface area contributed by atoms with Crippen molar-refractivity contribution in [3.8, 4) is 5.82 Å². The summed E-state index contributed by atoms with van der Waals surface area (Å²) in [5, 5.41) is 6.53. The maximum absolute atomic E-state index is 5.41. The summed E-state index contributed by atoms with van der Waals surface area (Å²) in [4.78, 5) is 13.1. The fourth-order valence-corrected chi connectivity index (χ4v) is 1.94. The van der Waals surface area contributed by atoms with Crippen LogP contribution in [-0.2, 0) is 11.3 Å². The van der Waals surface area contributed by atoms with E-state index in [-0.39, 0.29) is 5.60 Å². The van der Waals surface area contributed by atoms with Crippen molar-refractivity contribution >= 4 is 5.96 Å². The monoisotopic (exact) mass is 330 g/mol. The fourth-order valence-electron chi connectivity index (χ4n) is 1.94. The molecule has 2 aromatic heterocycles. The Morgan fingerprint density at radius 3 is 2.75 bits per heavy atom. The van der Waals surface area contributed by atoms with Gasteiger partial charge in [-0.3, -0.25) is 4.57 Å². The second-order valence-corrected chi connectivity index (χ2v) is 6.01. The van der Waals surface area contributed by atoms with E-state index in [9.17, 15) is 0 Å². The molecule has 0 saturated heterocycles. The molecule has 0 aliphatic rings. The number of aliphatic imine (C=N–C) groups is 1. The van der Waals surface area contributed by atoms with Crippen molar-refractivity contribution in [3.63, 3.8) is 0 Å². The molecule has 0 bridgehead atoms. The van der Waals surface area contributed by atoms with Crippen molar-refractivity contribution in [2.24, 2.45) is 4.99 Å². The molecule has 0 radical (unpaired) electrons. The zero-order valence-corrected chi connectivity index (χ0v) is 14.8. The van der Waals surface area contributed by atoms with Gasteiger partial charge in [0.05, 0.1) is 12.1 Å². The van der Waals surface area contributed by atoms with Crippen LogP contribution >= 0.6 is 0 Å². The Kier molecular flexibility index (Phi) is 6.31. The highest BCUT2D eigenvalue weighted by molar-refractivity contribution is 5.79. The topological polar surface area (TPSA) is 76.4 Å². The predicted octanol–water partition coefficient (Wildman–Crippen LogP) is 1.75. The average Bonchev–Trinajstić information content (AvgIpc) is 3.12. The van der Waals surface area contributed by atoms with Gasteiger partial charge in [0, 0.05) is 38.8 Å². The average molecular weight is 330 g/mol. The number of rotatable bonds is 7. The van der Waals surface area contributed by atoms with Gasteiger partial charge in [-0.1, -0.05) is 6.07 Å². The minimum Gasteiger partial charge on any atom is -0.377 e. The van der Waals surface area contributed by atoms with Gasteiger partial charge in [0.2, 0.25) is 0 Å². The van der Waals surface area contributed by atoms with E-state index in [1.165, 1.54) is 0 Å². The van der Waals surface area contributed by atoms with E-state index >= 15 is 0 Å². The minimum absolute atomic E-state index is 0.246. The summed E-state index contributed by atoms with van der Waals surface area (Å²) < 4.78 is 7.28. The first-order chi connectivity index (χ1) is 11.5. The summed E-state index contributed by atoms with van der Waals surface area (Å²) in [5.41, 5.74) is 0.798. The highest BCUT2D eigenvalue weighted by Crippen LogP contribution is 2.07. The Labute approximate surface area is 143 Å². The molecule has 0 unspecified atom stereocenters. The van der Waals surface area contributed by atoms with E-state index in [2.05, 4.69) is 25.6 Å². The summed E-state index contributed by atoms with van der Waals surface area (Å²) in [5.74, 6) is 1.61. The van der Waals surface area contributed by atoms with Crippen LogP contribution in [0.4, 0.5) is 0 Å². The van der Waals surface area contributed by atoms with Crippen LogP contribution in [0.25, 0.3) is 5.82 Å². The molecule has 0 aliphatic heterocycles. The van der Waals surface area contributed by atoms with Crippen LogP contribution < -0.4 is 10.6 Å². The Balaban J connectivity index is 1.97. The summed E-state index contributed by atoms with van der Waals surface area (Å²) in [6.45, 7) is 8.13. The molecule has 0 aliphatic carbocycles. The van der Waals surface area contributed by atoms with Gasteiger partial charge in [0.1, 0.15) is 12.1 Å². The normalized spacial score (nSPS) is 12.2. The minimum atomic E-state index is -0.246. The standard InChI is InChI=1S/C17H26N6O/c1-5-19-16(22-12-17(2,3)24-4)21-11-14-6-7-15(20-10-14)23-9-8-18-13-23/h6-10,13H,5,11-12H2,1-4H3,(H2,19,21,22).